The molecule has 1 N–H and O–H groups in total. The number of halogens is 2. The molecule has 2 aromatic heterocycles. The van der Waals surface area contributed by atoms with Gasteiger partial charge in [-0.3, -0.25) is 9.20 Å². The highest BCUT2D eigenvalue weighted by atomic mass is 79.9. The van der Waals surface area contributed by atoms with Gasteiger partial charge in [-0.25, -0.2) is 18.1 Å². The molecule has 0 amide bonds. The van der Waals surface area contributed by atoms with Crippen LogP contribution < -0.4 is 4.72 Å². The van der Waals surface area contributed by atoms with Crippen LogP contribution in [0.15, 0.2) is 27.8 Å². The first-order chi connectivity index (χ1) is 9.85. The Labute approximate surface area is 134 Å². The highest BCUT2D eigenvalue weighted by Crippen LogP contribution is 2.24. The van der Waals surface area contributed by atoms with E-state index < -0.39 is 16.0 Å². The minimum absolute atomic E-state index is 0.0756. The highest BCUT2D eigenvalue weighted by Gasteiger charge is 2.24. The Balaban J connectivity index is 2.33. The number of nitrogens with one attached hydrogen (secondary N) is 1. The molecule has 0 fully saturated rings. The zero-order chi connectivity index (χ0) is 15.6. The molecule has 0 aliphatic heterocycles. The molecule has 0 saturated heterocycles. The number of carbonyl (C=O) groups is 1. The molecule has 0 saturated carbocycles. The molecule has 0 aliphatic rings. The molecule has 10 heteroatoms. The third-order valence-electron chi connectivity index (χ3n) is 2.60. The van der Waals surface area contributed by atoms with Crippen molar-refractivity contribution in [3.05, 3.63) is 28.0 Å². The number of pyridine rings is 1. The van der Waals surface area contributed by atoms with Crippen LogP contribution in [-0.4, -0.2) is 37.4 Å². The van der Waals surface area contributed by atoms with Gasteiger partial charge in [0.05, 0.1) is 13.5 Å². The standard InChI is InChI=1S/C11H11BrClN3O4S/c1-20-9(17)4-5-14-21(18,19)11-10(13)15-8-3-2-7(12)6-16(8)11/h2-3,6,14H,4-5H2,1H3. The second kappa shape index (κ2) is 6.30. The molecule has 0 radical (unpaired) electrons. The lowest BCUT2D eigenvalue weighted by Gasteiger charge is -2.06. The predicted molar refractivity (Wildman–Crippen MR) is 79.7 cm³/mol. The number of carbonyl (C=O) groups excluding carboxylic acids is 1. The summed E-state index contributed by atoms with van der Waals surface area (Å²) in [5.74, 6) is -0.510. The van der Waals surface area contributed by atoms with Gasteiger partial charge in [-0.05, 0) is 28.1 Å². The fraction of sp³-hybridized carbons (Fsp3) is 0.273. The Kier molecular flexibility index (Phi) is 4.87. The van der Waals surface area contributed by atoms with Crippen molar-refractivity contribution < 1.29 is 17.9 Å². The van der Waals surface area contributed by atoms with Crippen LogP contribution in [0.4, 0.5) is 0 Å². The van der Waals surface area contributed by atoms with Gasteiger partial charge in [0, 0.05) is 17.2 Å². The van der Waals surface area contributed by atoms with Crippen molar-refractivity contribution in [3.8, 4) is 0 Å². The van der Waals surface area contributed by atoms with Crippen LogP contribution in [0.25, 0.3) is 5.65 Å². The molecule has 0 atom stereocenters. The van der Waals surface area contributed by atoms with Gasteiger partial charge in [0.2, 0.25) is 0 Å². The maximum Gasteiger partial charge on any atom is 0.306 e. The Morgan fingerprint density at radius 2 is 2.24 bits per heavy atom. The molecule has 114 valence electrons. The SMILES string of the molecule is COC(=O)CCNS(=O)(=O)c1c(Cl)nc2ccc(Br)cn12. The highest BCUT2D eigenvalue weighted by molar-refractivity contribution is 9.10. The van der Waals surface area contributed by atoms with E-state index in [0.29, 0.717) is 10.1 Å². The minimum Gasteiger partial charge on any atom is -0.469 e. The number of imidazole rings is 1. The average molecular weight is 397 g/mol. The van der Waals surface area contributed by atoms with Crippen LogP contribution in [0.2, 0.25) is 5.15 Å². The van der Waals surface area contributed by atoms with Gasteiger partial charge >= 0.3 is 5.97 Å². The molecule has 0 aromatic carbocycles. The third-order valence-corrected chi connectivity index (χ3v) is 4.93. The summed E-state index contributed by atoms with van der Waals surface area (Å²) in [5, 5.41) is -0.316. The topological polar surface area (TPSA) is 89.8 Å². The van der Waals surface area contributed by atoms with Crippen LogP contribution in [0.3, 0.4) is 0 Å². The first-order valence-electron chi connectivity index (χ1n) is 5.75. The number of nitrogens with zero attached hydrogens (tertiary/aromatic N) is 2. The number of fused-ring (bicyclic) bond motifs is 1. The summed E-state index contributed by atoms with van der Waals surface area (Å²) in [4.78, 5) is 15.0. The van der Waals surface area contributed by atoms with Crippen LogP contribution in [-0.2, 0) is 19.6 Å². The van der Waals surface area contributed by atoms with Crippen molar-refractivity contribution in [2.45, 2.75) is 11.4 Å². The molecule has 2 heterocycles. The molecule has 0 unspecified atom stereocenters. The van der Waals surface area contributed by atoms with Gasteiger partial charge in [-0.1, -0.05) is 11.6 Å². The van der Waals surface area contributed by atoms with Gasteiger partial charge < -0.3 is 4.74 Å². The van der Waals surface area contributed by atoms with Crippen molar-refractivity contribution in [2.75, 3.05) is 13.7 Å². The smallest absolute Gasteiger partial charge is 0.306 e. The molecule has 0 spiro atoms. The number of aromatic nitrogens is 2. The molecule has 2 rings (SSSR count). The summed E-state index contributed by atoms with van der Waals surface area (Å²) >= 11 is 9.17. The Bertz CT molecular complexity index is 790. The number of sulfonamides is 1. The zero-order valence-electron chi connectivity index (χ0n) is 10.8. The maximum absolute atomic E-state index is 12.3. The van der Waals surface area contributed by atoms with Gasteiger partial charge in [-0.15, -0.1) is 0 Å². The zero-order valence-corrected chi connectivity index (χ0v) is 14.0. The van der Waals surface area contributed by atoms with Gasteiger partial charge in [-0.2, -0.15) is 0 Å². The number of esters is 1. The molecule has 0 bridgehead atoms. The lowest BCUT2D eigenvalue weighted by Crippen LogP contribution is -2.27. The van der Waals surface area contributed by atoms with Crippen LogP contribution in [0.5, 0.6) is 0 Å². The fourth-order valence-corrected chi connectivity index (χ4v) is 3.67. The van der Waals surface area contributed by atoms with Gasteiger partial charge in [0.1, 0.15) is 5.65 Å². The van der Waals surface area contributed by atoms with E-state index in [9.17, 15) is 13.2 Å². The molecule has 7 nitrogen and oxygen atoms in total. The summed E-state index contributed by atoms with van der Waals surface area (Å²) in [7, 11) is -2.67. The van der Waals surface area contributed by atoms with E-state index in [1.165, 1.54) is 11.5 Å². The Morgan fingerprint density at radius 3 is 2.90 bits per heavy atom. The lowest BCUT2D eigenvalue weighted by atomic mass is 10.4. The average Bonchev–Trinajstić information content (AvgIpc) is 2.74. The summed E-state index contributed by atoms with van der Waals surface area (Å²) < 4.78 is 33.3. The van der Waals surface area contributed by atoms with Crippen LogP contribution in [0, 0.1) is 0 Å². The second-order valence-corrected chi connectivity index (χ2v) is 6.96. The van der Waals surface area contributed by atoms with Gasteiger partial charge in [0.25, 0.3) is 10.0 Å². The van der Waals surface area contributed by atoms with E-state index >= 15 is 0 Å². The second-order valence-electron chi connectivity index (χ2n) is 4.01. The molecule has 0 aliphatic carbocycles. The van der Waals surface area contributed by atoms with E-state index in [-0.39, 0.29) is 23.1 Å². The molecular weight excluding hydrogens is 386 g/mol. The normalized spacial score (nSPS) is 11.8. The fourth-order valence-electron chi connectivity index (χ4n) is 1.67. The summed E-state index contributed by atoms with van der Waals surface area (Å²) in [6, 6.07) is 3.35. The van der Waals surface area contributed by atoms with E-state index in [4.69, 9.17) is 11.6 Å². The first-order valence-corrected chi connectivity index (χ1v) is 8.40. The van der Waals surface area contributed by atoms with Crippen molar-refractivity contribution in [1.29, 1.82) is 0 Å². The summed E-state index contributed by atoms with van der Waals surface area (Å²) in [6.07, 6.45) is 1.47. The van der Waals surface area contributed by atoms with E-state index in [0.717, 1.165) is 0 Å². The van der Waals surface area contributed by atoms with Crippen LogP contribution in [0.1, 0.15) is 6.42 Å². The van der Waals surface area contributed by atoms with Crippen LogP contribution >= 0.6 is 27.5 Å². The number of ether oxygens (including phenoxy) is 1. The molecule has 2 aromatic rings. The summed E-state index contributed by atoms with van der Waals surface area (Å²) in [5.41, 5.74) is 0.400. The minimum atomic E-state index is -3.90. The Morgan fingerprint density at radius 1 is 1.52 bits per heavy atom. The first kappa shape index (κ1) is 16.2. The monoisotopic (exact) mass is 395 g/mol. The summed E-state index contributed by atoms with van der Waals surface area (Å²) in [6.45, 7) is -0.0907. The number of hydrogen-bond donors (Lipinski definition) is 1. The molecule has 21 heavy (non-hydrogen) atoms. The largest absolute Gasteiger partial charge is 0.469 e. The van der Waals surface area contributed by atoms with Gasteiger partial charge in [0.15, 0.2) is 10.2 Å². The lowest BCUT2D eigenvalue weighted by molar-refractivity contribution is -0.140. The van der Waals surface area contributed by atoms with E-state index in [2.05, 4.69) is 30.4 Å². The Hall–Kier alpha value is -1.16. The number of rotatable bonds is 5. The van der Waals surface area contributed by atoms with E-state index in [1.54, 1.807) is 18.3 Å². The quantitative estimate of drug-likeness (QED) is 0.775. The van der Waals surface area contributed by atoms with Crippen molar-refractivity contribution in [1.82, 2.24) is 14.1 Å². The molecular formula is C11H11BrClN3O4S. The van der Waals surface area contributed by atoms with Crippen molar-refractivity contribution in [2.24, 2.45) is 0 Å². The van der Waals surface area contributed by atoms with Crippen molar-refractivity contribution in [3.63, 3.8) is 0 Å². The van der Waals surface area contributed by atoms with Crippen molar-refractivity contribution >= 4 is 49.2 Å². The number of methoxy groups -OCH3 is 1. The predicted octanol–water partition coefficient (Wildman–Crippen LogP) is 1.59. The third kappa shape index (κ3) is 3.54. The number of hydrogen-bond acceptors (Lipinski definition) is 5. The maximum atomic E-state index is 12.3. The van der Waals surface area contributed by atoms with E-state index in [1.807, 2.05) is 0 Å².